The first-order valence-electron chi connectivity index (χ1n) is 11.1. The van der Waals surface area contributed by atoms with Crippen LogP contribution in [0, 0.1) is 23.7 Å². The third-order valence-electron chi connectivity index (χ3n) is 7.48. The normalized spacial score (nSPS) is 37.9. The van der Waals surface area contributed by atoms with E-state index in [1.807, 2.05) is 5.57 Å². The van der Waals surface area contributed by atoms with Crippen molar-refractivity contribution in [2.45, 2.75) is 109 Å². The SMILES string of the molecule is CCCCCC1CCC(C2=CCC(C3CCC(O)CC3)CC2)CC1. The first-order valence-corrected chi connectivity index (χ1v) is 11.1. The van der Waals surface area contributed by atoms with Gasteiger partial charge in [0.05, 0.1) is 6.10 Å². The van der Waals surface area contributed by atoms with Crippen molar-refractivity contribution in [3.8, 4) is 0 Å². The lowest BCUT2D eigenvalue weighted by Gasteiger charge is -2.37. The number of hydrogen-bond donors (Lipinski definition) is 1. The molecule has 1 atom stereocenters. The molecule has 3 aliphatic carbocycles. The Morgan fingerprint density at radius 3 is 2.25 bits per heavy atom. The number of aliphatic hydroxyl groups excluding tert-OH is 1. The molecule has 1 N–H and O–H groups in total. The van der Waals surface area contributed by atoms with Crippen molar-refractivity contribution in [3.05, 3.63) is 11.6 Å². The lowest BCUT2D eigenvalue weighted by Crippen LogP contribution is -2.26. The Morgan fingerprint density at radius 2 is 1.62 bits per heavy atom. The Morgan fingerprint density at radius 1 is 0.875 bits per heavy atom. The molecular weight excluding hydrogens is 292 g/mol. The molecule has 2 fully saturated rings. The summed E-state index contributed by atoms with van der Waals surface area (Å²) in [6.07, 6.45) is 23.2. The van der Waals surface area contributed by atoms with Crippen LogP contribution in [0.1, 0.15) is 103 Å². The molecule has 0 aromatic heterocycles. The predicted molar refractivity (Wildman–Crippen MR) is 103 cm³/mol. The molecule has 1 heteroatoms. The fourth-order valence-electron chi connectivity index (χ4n) is 5.75. The molecule has 0 aliphatic heterocycles. The largest absolute Gasteiger partial charge is 0.393 e. The zero-order valence-corrected chi connectivity index (χ0v) is 16.0. The Balaban J connectivity index is 1.39. The molecular formula is C23H40O. The van der Waals surface area contributed by atoms with E-state index < -0.39 is 0 Å². The van der Waals surface area contributed by atoms with Crippen LogP contribution in [-0.4, -0.2) is 11.2 Å². The van der Waals surface area contributed by atoms with Gasteiger partial charge in [0, 0.05) is 0 Å². The maximum Gasteiger partial charge on any atom is 0.0540 e. The molecule has 0 amide bonds. The van der Waals surface area contributed by atoms with Crippen molar-refractivity contribution >= 4 is 0 Å². The summed E-state index contributed by atoms with van der Waals surface area (Å²) in [5.41, 5.74) is 1.83. The van der Waals surface area contributed by atoms with Crippen LogP contribution in [0.5, 0.6) is 0 Å². The Kier molecular flexibility index (Phi) is 7.25. The molecule has 0 heterocycles. The highest BCUT2D eigenvalue weighted by molar-refractivity contribution is 5.12. The van der Waals surface area contributed by atoms with Crippen molar-refractivity contribution in [2.24, 2.45) is 23.7 Å². The first kappa shape index (κ1) is 18.5. The van der Waals surface area contributed by atoms with Gasteiger partial charge in [0.15, 0.2) is 0 Å². The van der Waals surface area contributed by atoms with E-state index in [1.165, 1.54) is 83.5 Å². The second kappa shape index (κ2) is 9.41. The quantitative estimate of drug-likeness (QED) is 0.426. The van der Waals surface area contributed by atoms with Crippen molar-refractivity contribution in [3.63, 3.8) is 0 Å². The first-order chi connectivity index (χ1) is 11.8. The lowest BCUT2D eigenvalue weighted by atomic mass is 9.69. The highest BCUT2D eigenvalue weighted by Crippen LogP contribution is 2.43. The van der Waals surface area contributed by atoms with Gasteiger partial charge in [-0.25, -0.2) is 0 Å². The Labute approximate surface area is 150 Å². The molecule has 24 heavy (non-hydrogen) atoms. The van der Waals surface area contributed by atoms with E-state index in [1.54, 1.807) is 0 Å². The third-order valence-corrected chi connectivity index (χ3v) is 7.48. The monoisotopic (exact) mass is 332 g/mol. The molecule has 0 spiro atoms. The predicted octanol–water partition coefficient (Wildman–Crippen LogP) is 6.65. The molecule has 0 aromatic rings. The molecule has 1 unspecified atom stereocenters. The summed E-state index contributed by atoms with van der Waals surface area (Å²) in [6.45, 7) is 2.31. The molecule has 0 aromatic carbocycles. The van der Waals surface area contributed by atoms with E-state index in [0.29, 0.717) is 0 Å². The van der Waals surface area contributed by atoms with E-state index in [-0.39, 0.29) is 6.10 Å². The van der Waals surface area contributed by atoms with Crippen LogP contribution in [0.25, 0.3) is 0 Å². The number of unbranched alkanes of at least 4 members (excludes halogenated alkanes) is 2. The molecule has 3 aliphatic rings. The zero-order valence-electron chi connectivity index (χ0n) is 16.0. The molecule has 3 rings (SSSR count). The maximum absolute atomic E-state index is 9.72. The third kappa shape index (κ3) is 5.10. The minimum absolute atomic E-state index is 0.00320. The average molecular weight is 333 g/mol. The summed E-state index contributed by atoms with van der Waals surface area (Å²) in [5.74, 6) is 3.80. The minimum atomic E-state index is 0.00320. The zero-order chi connectivity index (χ0) is 16.8. The highest BCUT2D eigenvalue weighted by Gasteiger charge is 2.30. The van der Waals surface area contributed by atoms with Gasteiger partial charge < -0.3 is 5.11 Å². The maximum atomic E-state index is 9.72. The van der Waals surface area contributed by atoms with Gasteiger partial charge in [0.25, 0.3) is 0 Å². The molecule has 0 bridgehead atoms. The van der Waals surface area contributed by atoms with Crippen LogP contribution in [0.15, 0.2) is 11.6 Å². The average Bonchev–Trinajstić information content (AvgIpc) is 2.63. The molecule has 138 valence electrons. The topological polar surface area (TPSA) is 20.2 Å². The van der Waals surface area contributed by atoms with E-state index in [4.69, 9.17) is 0 Å². The Bertz CT molecular complexity index is 383. The van der Waals surface area contributed by atoms with Crippen LogP contribution in [-0.2, 0) is 0 Å². The summed E-state index contributed by atoms with van der Waals surface area (Å²) < 4.78 is 0. The Hall–Kier alpha value is -0.300. The number of hydrogen-bond acceptors (Lipinski definition) is 1. The van der Waals surface area contributed by atoms with Crippen molar-refractivity contribution in [2.75, 3.05) is 0 Å². The van der Waals surface area contributed by atoms with Gasteiger partial charge in [-0.1, -0.05) is 44.3 Å². The molecule has 1 nitrogen and oxygen atoms in total. The van der Waals surface area contributed by atoms with Gasteiger partial charge in [-0.3, -0.25) is 0 Å². The van der Waals surface area contributed by atoms with E-state index >= 15 is 0 Å². The number of rotatable bonds is 6. The van der Waals surface area contributed by atoms with Gasteiger partial charge in [-0.05, 0) is 94.3 Å². The van der Waals surface area contributed by atoms with Crippen LogP contribution in [0.4, 0.5) is 0 Å². The van der Waals surface area contributed by atoms with Crippen LogP contribution in [0.2, 0.25) is 0 Å². The van der Waals surface area contributed by atoms with Crippen molar-refractivity contribution in [1.29, 1.82) is 0 Å². The molecule has 0 radical (unpaired) electrons. The van der Waals surface area contributed by atoms with Gasteiger partial charge in [0.1, 0.15) is 0 Å². The summed E-state index contributed by atoms with van der Waals surface area (Å²) >= 11 is 0. The number of allylic oxidation sites excluding steroid dienone is 2. The second-order valence-electron chi connectivity index (χ2n) is 9.10. The van der Waals surface area contributed by atoms with E-state index in [0.717, 1.165) is 36.5 Å². The summed E-state index contributed by atoms with van der Waals surface area (Å²) in [4.78, 5) is 0. The highest BCUT2D eigenvalue weighted by atomic mass is 16.3. The lowest BCUT2D eigenvalue weighted by molar-refractivity contribution is 0.0880. The van der Waals surface area contributed by atoms with Gasteiger partial charge in [-0.15, -0.1) is 0 Å². The van der Waals surface area contributed by atoms with Crippen molar-refractivity contribution in [1.82, 2.24) is 0 Å². The van der Waals surface area contributed by atoms with E-state index in [2.05, 4.69) is 13.0 Å². The fraction of sp³-hybridized carbons (Fsp3) is 0.913. The van der Waals surface area contributed by atoms with Gasteiger partial charge >= 0.3 is 0 Å². The minimum Gasteiger partial charge on any atom is -0.393 e. The molecule has 0 saturated heterocycles. The van der Waals surface area contributed by atoms with Gasteiger partial charge in [-0.2, -0.15) is 0 Å². The van der Waals surface area contributed by atoms with Crippen LogP contribution < -0.4 is 0 Å². The summed E-state index contributed by atoms with van der Waals surface area (Å²) in [7, 11) is 0. The fourth-order valence-corrected chi connectivity index (χ4v) is 5.75. The number of aliphatic hydroxyl groups is 1. The van der Waals surface area contributed by atoms with Crippen molar-refractivity contribution < 1.29 is 5.11 Å². The standard InChI is InChI=1S/C23H40O/c1-2-3-4-5-18-6-8-19(9-7-18)20-10-12-21(13-11-20)22-14-16-23(24)17-15-22/h10,18-19,21-24H,2-9,11-17H2,1H3. The molecule has 2 saturated carbocycles. The van der Waals surface area contributed by atoms with Gasteiger partial charge in [0.2, 0.25) is 0 Å². The van der Waals surface area contributed by atoms with Crippen LogP contribution in [0.3, 0.4) is 0 Å². The van der Waals surface area contributed by atoms with E-state index in [9.17, 15) is 5.11 Å². The smallest absolute Gasteiger partial charge is 0.0540 e. The second-order valence-corrected chi connectivity index (χ2v) is 9.10. The summed E-state index contributed by atoms with van der Waals surface area (Å²) in [6, 6.07) is 0. The van der Waals surface area contributed by atoms with Crippen LogP contribution >= 0.6 is 0 Å². The summed E-state index contributed by atoms with van der Waals surface area (Å²) in [5, 5.41) is 9.72.